The van der Waals surface area contributed by atoms with Crippen LogP contribution in [-0.4, -0.2) is 10.1 Å². The highest BCUT2D eigenvalue weighted by Gasteiger charge is 2.15. The molecule has 0 aliphatic heterocycles. The van der Waals surface area contributed by atoms with Gasteiger partial charge in [0, 0.05) is 22.5 Å². The smallest absolute Gasteiger partial charge is 0.129 e. The third-order valence-corrected chi connectivity index (χ3v) is 2.40. The topological polar surface area (TPSA) is 36.0 Å². The van der Waals surface area contributed by atoms with Crippen LogP contribution in [0.2, 0.25) is 5.02 Å². The van der Waals surface area contributed by atoms with E-state index in [1.54, 1.807) is 18.3 Å². The molecule has 0 saturated heterocycles. The van der Waals surface area contributed by atoms with Gasteiger partial charge < -0.3 is 10.1 Å². The molecule has 1 heterocycles. The minimum Gasteiger partial charge on any atom is -0.382 e. The van der Waals surface area contributed by atoms with Crippen molar-refractivity contribution in [1.82, 2.24) is 4.98 Å². The second kappa shape index (κ2) is 4.04. The minimum atomic E-state index is -1.02. The largest absolute Gasteiger partial charge is 0.382 e. The molecule has 2 N–H and O–H groups in total. The van der Waals surface area contributed by atoms with Gasteiger partial charge in [-0.25, -0.2) is 4.39 Å². The molecule has 0 saturated carbocycles. The van der Waals surface area contributed by atoms with Gasteiger partial charge in [-0.2, -0.15) is 0 Å². The second-order valence-electron chi connectivity index (χ2n) is 3.19. The van der Waals surface area contributed by atoms with Gasteiger partial charge in [-0.05, 0) is 30.3 Å². The predicted molar refractivity (Wildman–Crippen MR) is 56.3 cm³/mol. The molecule has 0 fully saturated rings. The van der Waals surface area contributed by atoms with Gasteiger partial charge in [-0.15, -0.1) is 0 Å². The fourth-order valence-electron chi connectivity index (χ4n) is 1.41. The van der Waals surface area contributed by atoms with Crippen LogP contribution in [0, 0.1) is 5.82 Å². The number of aliphatic hydroxyl groups excluding tert-OH is 1. The number of benzene rings is 1. The van der Waals surface area contributed by atoms with Gasteiger partial charge in [0.05, 0.1) is 0 Å². The molecule has 0 radical (unpaired) electrons. The van der Waals surface area contributed by atoms with Crippen molar-refractivity contribution in [3.05, 3.63) is 58.6 Å². The van der Waals surface area contributed by atoms with Crippen molar-refractivity contribution in [3.63, 3.8) is 0 Å². The minimum absolute atomic E-state index is 0.171. The molecule has 78 valence electrons. The van der Waals surface area contributed by atoms with E-state index in [1.165, 1.54) is 18.2 Å². The van der Waals surface area contributed by atoms with E-state index in [4.69, 9.17) is 11.6 Å². The predicted octanol–water partition coefficient (Wildman–Crippen LogP) is 2.89. The van der Waals surface area contributed by atoms with Gasteiger partial charge in [-0.1, -0.05) is 11.6 Å². The molecule has 2 nitrogen and oxygen atoms in total. The van der Waals surface area contributed by atoms with E-state index >= 15 is 0 Å². The Labute approximate surface area is 91.3 Å². The molecule has 0 amide bonds. The highest BCUT2D eigenvalue weighted by atomic mass is 35.5. The number of hydrogen-bond acceptors (Lipinski definition) is 1. The van der Waals surface area contributed by atoms with Crippen molar-refractivity contribution >= 4 is 11.6 Å². The van der Waals surface area contributed by atoms with Crippen LogP contribution < -0.4 is 0 Å². The summed E-state index contributed by atoms with van der Waals surface area (Å²) in [7, 11) is 0. The second-order valence-corrected chi connectivity index (χ2v) is 3.63. The molecule has 0 aliphatic rings. The maximum atomic E-state index is 13.4. The average molecular weight is 226 g/mol. The van der Waals surface area contributed by atoms with Crippen molar-refractivity contribution in [2.75, 3.05) is 0 Å². The van der Waals surface area contributed by atoms with Crippen LogP contribution in [0.15, 0.2) is 36.5 Å². The Morgan fingerprint density at radius 3 is 2.80 bits per heavy atom. The molecule has 0 aliphatic carbocycles. The van der Waals surface area contributed by atoms with Crippen molar-refractivity contribution in [2.24, 2.45) is 0 Å². The first-order valence-electron chi connectivity index (χ1n) is 4.45. The Morgan fingerprint density at radius 2 is 2.13 bits per heavy atom. The summed E-state index contributed by atoms with van der Waals surface area (Å²) in [6.45, 7) is 0. The summed E-state index contributed by atoms with van der Waals surface area (Å²) in [6, 6.07) is 7.53. The van der Waals surface area contributed by atoms with Crippen molar-refractivity contribution in [3.8, 4) is 0 Å². The zero-order valence-corrected chi connectivity index (χ0v) is 8.50. The Bertz CT molecular complexity index is 456. The summed E-state index contributed by atoms with van der Waals surface area (Å²) in [5, 5.41) is 10.3. The lowest BCUT2D eigenvalue weighted by molar-refractivity contribution is 0.210. The Morgan fingerprint density at radius 1 is 1.33 bits per heavy atom. The number of H-pyrrole nitrogens is 1. The molecule has 2 rings (SSSR count). The first kappa shape index (κ1) is 10.2. The van der Waals surface area contributed by atoms with Crippen molar-refractivity contribution in [1.29, 1.82) is 0 Å². The molecule has 1 atom stereocenters. The Balaban J connectivity index is 2.41. The van der Waals surface area contributed by atoms with Crippen LogP contribution in [-0.2, 0) is 0 Å². The number of halogens is 2. The van der Waals surface area contributed by atoms with Crippen molar-refractivity contribution in [2.45, 2.75) is 6.10 Å². The molecule has 0 bridgehead atoms. The lowest BCUT2D eigenvalue weighted by Crippen LogP contribution is -2.02. The standard InChI is InChI=1S/C11H9ClFNO/c12-7-3-4-9(13)8(6-7)11(15)10-2-1-5-14-10/h1-6,11,14-15H. The third kappa shape index (κ3) is 2.03. The highest BCUT2D eigenvalue weighted by Crippen LogP contribution is 2.25. The average Bonchev–Trinajstić information content (AvgIpc) is 2.74. The number of aliphatic hydroxyl groups is 1. The zero-order chi connectivity index (χ0) is 10.8. The lowest BCUT2D eigenvalue weighted by atomic mass is 10.1. The molecule has 2 aromatic rings. The molecule has 1 aromatic carbocycles. The van der Waals surface area contributed by atoms with E-state index in [-0.39, 0.29) is 5.56 Å². The molecule has 1 unspecified atom stereocenters. The molecule has 15 heavy (non-hydrogen) atoms. The SMILES string of the molecule is OC(c1ccc[nH]1)c1cc(Cl)ccc1F. The number of hydrogen-bond donors (Lipinski definition) is 2. The van der Waals surface area contributed by atoms with Gasteiger partial charge in [0.15, 0.2) is 0 Å². The van der Waals surface area contributed by atoms with Crippen LogP contribution in [0.25, 0.3) is 0 Å². The summed E-state index contributed by atoms with van der Waals surface area (Å²) in [5.41, 5.74) is 0.709. The van der Waals surface area contributed by atoms with E-state index in [1.807, 2.05) is 0 Å². The quantitative estimate of drug-likeness (QED) is 0.810. The van der Waals surface area contributed by atoms with E-state index < -0.39 is 11.9 Å². The summed E-state index contributed by atoms with van der Waals surface area (Å²) < 4.78 is 13.4. The van der Waals surface area contributed by atoms with Gasteiger partial charge in [0.25, 0.3) is 0 Å². The molecule has 0 spiro atoms. The number of rotatable bonds is 2. The monoisotopic (exact) mass is 225 g/mol. The van der Waals surface area contributed by atoms with E-state index in [0.29, 0.717) is 10.7 Å². The molecular formula is C11H9ClFNO. The van der Waals surface area contributed by atoms with Gasteiger partial charge in [0.1, 0.15) is 11.9 Å². The molecule has 4 heteroatoms. The number of aromatic amines is 1. The van der Waals surface area contributed by atoms with E-state index in [9.17, 15) is 9.50 Å². The van der Waals surface area contributed by atoms with Crippen LogP contribution in [0.4, 0.5) is 4.39 Å². The van der Waals surface area contributed by atoms with Crippen molar-refractivity contribution < 1.29 is 9.50 Å². The first-order valence-corrected chi connectivity index (χ1v) is 4.82. The summed E-state index contributed by atoms with van der Waals surface area (Å²) in [6.07, 6.45) is 0.653. The van der Waals surface area contributed by atoms with Gasteiger partial charge >= 0.3 is 0 Å². The molecular weight excluding hydrogens is 217 g/mol. The normalized spacial score (nSPS) is 12.7. The fraction of sp³-hybridized carbons (Fsp3) is 0.0909. The van der Waals surface area contributed by atoms with Gasteiger partial charge in [0.2, 0.25) is 0 Å². The van der Waals surface area contributed by atoms with Crippen LogP contribution in [0.3, 0.4) is 0 Å². The first-order chi connectivity index (χ1) is 7.18. The van der Waals surface area contributed by atoms with Gasteiger partial charge in [-0.3, -0.25) is 0 Å². The number of nitrogens with one attached hydrogen (secondary N) is 1. The maximum absolute atomic E-state index is 13.4. The number of aromatic nitrogens is 1. The highest BCUT2D eigenvalue weighted by molar-refractivity contribution is 6.30. The van der Waals surface area contributed by atoms with E-state index in [0.717, 1.165) is 0 Å². The van der Waals surface area contributed by atoms with Crippen LogP contribution in [0.5, 0.6) is 0 Å². The summed E-state index contributed by atoms with van der Waals surface area (Å²) in [4.78, 5) is 2.82. The Kier molecular flexibility index (Phi) is 2.75. The summed E-state index contributed by atoms with van der Waals surface area (Å²) in [5.74, 6) is -0.471. The third-order valence-electron chi connectivity index (χ3n) is 2.17. The van der Waals surface area contributed by atoms with E-state index in [2.05, 4.69) is 4.98 Å². The van der Waals surface area contributed by atoms with Crippen LogP contribution >= 0.6 is 11.6 Å². The Hall–Kier alpha value is -1.32. The molecule has 1 aromatic heterocycles. The fourth-order valence-corrected chi connectivity index (χ4v) is 1.59. The lowest BCUT2D eigenvalue weighted by Gasteiger charge is -2.10. The summed E-state index contributed by atoms with van der Waals surface area (Å²) >= 11 is 5.73. The van der Waals surface area contributed by atoms with Crippen LogP contribution in [0.1, 0.15) is 17.4 Å². The zero-order valence-electron chi connectivity index (χ0n) is 7.74. The maximum Gasteiger partial charge on any atom is 0.129 e.